The Kier molecular flexibility index (Phi) is 6.32. The smallest absolute Gasteiger partial charge is 0.237 e. The number of nitrogens with zero attached hydrogens (tertiary/aromatic N) is 2. The molecule has 2 aliphatic rings. The molecule has 2 atom stereocenters. The van der Waals surface area contributed by atoms with E-state index in [1.54, 1.807) is 0 Å². The Balaban J connectivity index is 1.65. The first-order valence-electron chi connectivity index (χ1n) is 9.60. The van der Waals surface area contributed by atoms with Crippen LogP contribution in [-0.4, -0.2) is 59.7 Å². The summed E-state index contributed by atoms with van der Waals surface area (Å²) in [6.07, 6.45) is 5.32. The molecule has 1 N–H and O–H groups in total. The normalized spacial score (nSPS) is 24.5. The highest BCUT2D eigenvalue weighted by molar-refractivity contribution is 5.79. The highest BCUT2D eigenvalue weighted by Gasteiger charge is 2.32. The number of ether oxygens (including phenoxy) is 1. The molecule has 2 saturated heterocycles. The van der Waals surface area contributed by atoms with E-state index in [0.717, 1.165) is 50.9 Å². The first kappa shape index (κ1) is 18.2. The standard InChI is InChI=1S/C20H30N2O3/c1-2-25-18-10-8-16(9-11-18)19-7-5-13-22(19)20(24)14-21-12-4-3-6-17(21)15-23/h8-11,17,19,23H,2-7,12-15H2,1H3. The SMILES string of the molecule is CCOc1ccc(C2CCCN2C(=O)CN2CCCCC2CO)cc1. The Bertz CT molecular complexity index is 561. The second-order valence-electron chi connectivity index (χ2n) is 7.05. The Morgan fingerprint density at radius 2 is 1.96 bits per heavy atom. The van der Waals surface area contributed by atoms with Crippen molar-refractivity contribution in [3.63, 3.8) is 0 Å². The van der Waals surface area contributed by atoms with Gasteiger partial charge in [0.15, 0.2) is 0 Å². The molecule has 2 heterocycles. The van der Waals surface area contributed by atoms with Crippen molar-refractivity contribution < 1.29 is 14.6 Å². The molecule has 2 unspecified atom stereocenters. The summed E-state index contributed by atoms with van der Waals surface area (Å²) in [7, 11) is 0. The summed E-state index contributed by atoms with van der Waals surface area (Å²) in [5.41, 5.74) is 1.19. The van der Waals surface area contributed by atoms with Crippen molar-refractivity contribution >= 4 is 5.91 Å². The maximum atomic E-state index is 12.9. The second-order valence-corrected chi connectivity index (χ2v) is 7.05. The van der Waals surface area contributed by atoms with E-state index in [4.69, 9.17) is 4.74 Å². The van der Waals surface area contributed by atoms with Gasteiger partial charge < -0.3 is 14.7 Å². The van der Waals surface area contributed by atoms with Gasteiger partial charge in [-0.3, -0.25) is 9.69 Å². The number of likely N-dealkylation sites (tertiary alicyclic amines) is 2. The molecule has 5 heteroatoms. The Morgan fingerprint density at radius 1 is 1.16 bits per heavy atom. The third kappa shape index (κ3) is 4.33. The van der Waals surface area contributed by atoms with Crippen molar-refractivity contribution in [2.24, 2.45) is 0 Å². The quantitative estimate of drug-likeness (QED) is 0.860. The van der Waals surface area contributed by atoms with Crippen LogP contribution in [0.4, 0.5) is 0 Å². The van der Waals surface area contributed by atoms with Crippen LogP contribution in [-0.2, 0) is 4.79 Å². The molecule has 1 amide bonds. The highest BCUT2D eigenvalue weighted by atomic mass is 16.5. The van der Waals surface area contributed by atoms with Crippen LogP contribution in [0.25, 0.3) is 0 Å². The van der Waals surface area contributed by atoms with E-state index >= 15 is 0 Å². The molecule has 3 rings (SSSR count). The maximum absolute atomic E-state index is 12.9. The number of benzene rings is 1. The van der Waals surface area contributed by atoms with Crippen LogP contribution in [0.5, 0.6) is 5.75 Å². The fraction of sp³-hybridized carbons (Fsp3) is 0.650. The number of aliphatic hydroxyl groups excluding tert-OH is 1. The second kappa shape index (κ2) is 8.68. The molecule has 5 nitrogen and oxygen atoms in total. The number of hydrogen-bond donors (Lipinski definition) is 1. The Labute approximate surface area is 150 Å². The summed E-state index contributed by atoms with van der Waals surface area (Å²) >= 11 is 0. The van der Waals surface area contributed by atoms with Gasteiger partial charge in [-0.15, -0.1) is 0 Å². The Hall–Kier alpha value is -1.59. The van der Waals surface area contributed by atoms with Crippen LogP contribution < -0.4 is 4.74 Å². The van der Waals surface area contributed by atoms with E-state index in [9.17, 15) is 9.90 Å². The zero-order valence-electron chi connectivity index (χ0n) is 15.2. The van der Waals surface area contributed by atoms with Crippen LogP contribution >= 0.6 is 0 Å². The van der Waals surface area contributed by atoms with E-state index < -0.39 is 0 Å². The number of hydrogen-bond acceptors (Lipinski definition) is 4. The van der Waals surface area contributed by atoms with E-state index in [-0.39, 0.29) is 24.6 Å². The van der Waals surface area contributed by atoms with E-state index in [2.05, 4.69) is 17.0 Å². The minimum atomic E-state index is 0.143. The molecule has 2 aliphatic heterocycles. The average molecular weight is 346 g/mol. The van der Waals surface area contributed by atoms with Crippen LogP contribution in [0.3, 0.4) is 0 Å². The molecule has 25 heavy (non-hydrogen) atoms. The molecular formula is C20H30N2O3. The molecule has 0 bridgehead atoms. The van der Waals surface area contributed by atoms with Crippen LogP contribution in [0.2, 0.25) is 0 Å². The molecule has 0 spiro atoms. The summed E-state index contributed by atoms with van der Waals surface area (Å²) in [5, 5.41) is 9.56. The zero-order chi connectivity index (χ0) is 17.6. The van der Waals surface area contributed by atoms with Crippen molar-refractivity contribution in [3.05, 3.63) is 29.8 Å². The average Bonchev–Trinajstić information content (AvgIpc) is 3.13. The van der Waals surface area contributed by atoms with Gasteiger partial charge in [0.1, 0.15) is 5.75 Å². The number of aliphatic hydroxyl groups is 1. The molecule has 138 valence electrons. The van der Waals surface area contributed by atoms with Gasteiger partial charge in [-0.1, -0.05) is 18.6 Å². The lowest BCUT2D eigenvalue weighted by molar-refractivity contribution is -0.134. The predicted octanol–water partition coefficient (Wildman–Crippen LogP) is 2.60. The van der Waals surface area contributed by atoms with Gasteiger partial charge in [-0.25, -0.2) is 0 Å². The van der Waals surface area contributed by atoms with E-state index in [1.165, 1.54) is 5.56 Å². The van der Waals surface area contributed by atoms with Gasteiger partial charge in [-0.2, -0.15) is 0 Å². The molecule has 2 fully saturated rings. The molecule has 0 aliphatic carbocycles. The molecular weight excluding hydrogens is 316 g/mol. The number of piperidine rings is 1. The summed E-state index contributed by atoms with van der Waals surface area (Å²) in [5.74, 6) is 1.07. The lowest BCUT2D eigenvalue weighted by Gasteiger charge is -2.36. The largest absolute Gasteiger partial charge is 0.494 e. The highest BCUT2D eigenvalue weighted by Crippen LogP contribution is 2.33. The topological polar surface area (TPSA) is 53.0 Å². The van der Waals surface area contributed by atoms with Gasteiger partial charge in [-0.05, 0) is 56.8 Å². The lowest BCUT2D eigenvalue weighted by atomic mass is 10.0. The van der Waals surface area contributed by atoms with E-state index in [1.807, 2.05) is 24.0 Å². The number of amides is 1. The Morgan fingerprint density at radius 3 is 2.68 bits per heavy atom. The van der Waals surface area contributed by atoms with E-state index in [0.29, 0.717) is 13.2 Å². The van der Waals surface area contributed by atoms with Crippen LogP contribution in [0, 0.1) is 0 Å². The third-order valence-electron chi connectivity index (χ3n) is 5.45. The number of carbonyl (C=O) groups excluding carboxylic acids is 1. The molecule has 1 aromatic rings. The first-order chi connectivity index (χ1) is 12.2. The van der Waals surface area contributed by atoms with Crippen molar-refractivity contribution in [1.82, 2.24) is 9.80 Å². The summed E-state index contributed by atoms with van der Waals surface area (Å²) < 4.78 is 5.51. The van der Waals surface area contributed by atoms with Crippen molar-refractivity contribution in [1.29, 1.82) is 0 Å². The van der Waals surface area contributed by atoms with Crippen molar-refractivity contribution in [3.8, 4) is 5.75 Å². The third-order valence-corrected chi connectivity index (χ3v) is 5.45. The number of carbonyl (C=O) groups is 1. The minimum absolute atomic E-state index is 0.143. The van der Waals surface area contributed by atoms with Gasteiger partial charge in [0.05, 0.1) is 25.8 Å². The number of rotatable bonds is 6. The predicted molar refractivity (Wildman–Crippen MR) is 97.6 cm³/mol. The molecule has 0 aromatic heterocycles. The minimum Gasteiger partial charge on any atom is -0.494 e. The monoisotopic (exact) mass is 346 g/mol. The van der Waals surface area contributed by atoms with Crippen molar-refractivity contribution in [2.75, 3.05) is 32.8 Å². The van der Waals surface area contributed by atoms with Gasteiger partial charge in [0, 0.05) is 12.6 Å². The fourth-order valence-corrected chi connectivity index (χ4v) is 4.10. The van der Waals surface area contributed by atoms with Gasteiger partial charge in [0.25, 0.3) is 0 Å². The lowest BCUT2D eigenvalue weighted by Crippen LogP contribution is -2.48. The maximum Gasteiger partial charge on any atom is 0.237 e. The molecule has 1 aromatic carbocycles. The summed E-state index contributed by atoms with van der Waals surface area (Å²) in [4.78, 5) is 17.1. The van der Waals surface area contributed by atoms with Gasteiger partial charge in [0.2, 0.25) is 5.91 Å². The molecule has 0 radical (unpaired) electrons. The molecule has 0 saturated carbocycles. The van der Waals surface area contributed by atoms with Crippen LogP contribution in [0.15, 0.2) is 24.3 Å². The van der Waals surface area contributed by atoms with Gasteiger partial charge >= 0.3 is 0 Å². The van der Waals surface area contributed by atoms with Crippen LogP contribution in [0.1, 0.15) is 50.6 Å². The van der Waals surface area contributed by atoms with Crippen molar-refractivity contribution in [2.45, 2.75) is 51.1 Å². The fourth-order valence-electron chi connectivity index (χ4n) is 4.10. The zero-order valence-corrected chi connectivity index (χ0v) is 15.2. The first-order valence-corrected chi connectivity index (χ1v) is 9.60. The summed E-state index contributed by atoms with van der Waals surface area (Å²) in [6.45, 7) is 4.96. The summed E-state index contributed by atoms with van der Waals surface area (Å²) in [6, 6.07) is 8.46.